The molecule has 0 radical (unpaired) electrons. The summed E-state index contributed by atoms with van der Waals surface area (Å²) in [6.07, 6.45) is 1.50. The molecule has 1 amide bonds. The lowest BCUT2D eigenvalue weighted by Crippen LogP contribution is -2.24. The molecule has 0 spiro atoms. The van der Waals surface area contributed by atoms with Crippen molar-refractivity contribution in [3.8, 4) is 0 Å². The number of aliphatic hydroxyl groups is 1. The van der Waals surface area contributed by atoms with E-state index >= 15 is 0 Å². The Morgan fingerprint density at radius 3 is 3.06 bits per heavy atom. The Balaban J connectivity index is 2.05. The van der Waals surface area contributed by atoms with Crippen LogP contribution < -0.4 is 5.32 Å². The minimum absolute atomic E-state index is 0.0876. The van der Waals surface area contributed by atoms with Crippen molar-refractivity contribution in [3.63, 3.8) is 0 Å². The van der Waals surface area contributed by atoms with Crippen molar-refractivity contribution >= 4 is 16.8 Å². The monoisotopic (exact) mass is 247 g/mol. The first-order valence-electron chi connectivity index (χ1n) is 6.06. The summed E-state index contributed by atoms with van der Waals surface area (Å²) >= 11 is 0. The average Bonchev–Trinajstić information content (AvgIpc) is 2.76. The number of carbonyl (C=O) groups excluding carboxylic acids is 1. The Bertz CT molecular complexity index is 548. The lowest BCUT2D eigenvalue weighted by atomic mass is 10.1. The van der Waals surface area contributed by atoms with E-state index in [1.165, 1.54) is 0 Å². The molecule has 5 nitrogen and oxygen atoms in total. The largest absolute Gasteiger partial charge is 0.396 e. The van der Waals surface area contributed by atoms with Gasteiger partial charge < -0.3 is 10.4 Å². The maximum Gasteiger partial charge on any atom is 0.251 e. The van der Waals surface area contributed by atoms with Gasteiger partial charge in [-0.25, -0.2) is 0 Å². The van der Waals surface area contributed by atoms with Crippen molar-refractivity contribution in [2.24, 2.45) is 0 Å². The maximum atomic E-state index is 11.9. The van der Waals surface area contributed by atoms with Gasteiger partial charge in [0, 0.05) is 29.8 Å². The van der Waals surface area contributed by atoms with E-state index in [2.05, 4.69) is 15.5 Å². The molecule has 2 rings (SSSR count). The smallest absolute Gasteiger partial charge is 0.251 e. The third-order valence-electron chi connectivity index (χ3n) is 2.88. The van der Waals surface area contributed by atoms with Crippen molar-refractivity contribution in [2.75, 3.05) is 13.2 Å². The summed E-state index contributed by atoms with van der Waals surface area (Å²) in [6, 6.07) is 5.45. The van der Waals surface area contributed by atoms with Crippen LogP contribution in [0.5, 0.6) is 0 Å². The number of aliphatic hydroxyl groups excluding tert-OH is 1. The number of benzene rings is 1. The first kappa shape index (κ1) is 12.6. The lowest BCUT2D eigenvalue weighted by molar-refractivity contribution is 0.0952. The van der Waals surface area contributed by atoms with Crippen LogP contribution in [-0.4, -0.2) is 34.4 Å². The number of carbonyl (C=O) groups is 1. The second-order valence-corrected chi connectivity index (χ2v) is 4.27. The molecule has 0 aliphatic rings. The highest BCUT2D eigenvalue weighted by Gasteiger charge is 2.08. The number of nitrogens with zero attached hydrogens (tertiary/aromatic N) is 1. The Kier molecular flexibility index (Phi) is 3.94. The van der Waals surface area contributed by atoms with Gasteiger partial charge in [-0.3, -0.25) is 9.89 Å². The Morgan fingerprint density at radius 1 is 1.44 bits per heavy atom. The van der Waals surface area contributed by atoms with Gasteiger partial charge >= 0.3 is 0 Å². The summed E-state index contributed by atoms with van der Waals surface area (Å²) in [5, 5.41) is 19.5. The first-order chi connectivity index (χ1) is 8.72. The third kappa shape index (κ3) is 2.68. The minimum Gasteiger partial charge on any atom is -0.396 e. The fourth-order valence-corrected chi connectivity index (χ4v) is 1.82. The van der Waals surface area contributed by atoms with Crippen molar-refractivity contribution < 1.29 is 9.90 Å². The molecular formula is C13H17N3O2. The maximum absolute atomic E-state index is 11.9. The molecule has 5 heteroatoms. The number of aromatic nitrogens is 2. The summed E-state index contributed by atoms with van der Waals surface area (Å²) < 4.78 is 0. The molecule has 0 aliphatic carbocycles. The highest BCUT2D eigenvalue weighted by Crippen LogP contribution is 2.16. The van der Waals surface area contributed by atoms with E-state index in [0.717, 1.165) is 23.0 Å². The fourth-order valence-electron chi connectivity index (χ4n) is 1.82. The van der Waals surface area contributed by atoms with E-state index in [1.54, 1.807) is 6.07 Å². The number of H-pyrrole nitrogens is 1. The molecule has 0 saturated carbocycles. The number of fused-ring (bicyclic) bond motifs is 1. The van der Waals surface area contributed by atoms with Crippen LogP contribution in [-0.2, 0) is 0 Å². The van der Waals surface area contributed by atoms with Crippen molar-refractivity contribution in [2.45, 2.75) is 19.8 Å². The molecule has 96 valence electrons. The highest BCUT2D eigenvalue weighted by molar-refractivity contribution is 5.98. The zero-order valence-electron chi connectivity index (χ0n) is 10.4. The fraction of sp³-hybridized carbons (Fsp3) is 0.385. The van der Waals surface area contributed by atoms with Crippen LogP contribution in [0.2, 0.25) is 0 Å². The van der Waals surface area contributed by atoms with Gasteiger partial charge in [0.2, 0.25) is 0 Å². The van der Waals surface area contributed by atoms with Crippen molar-refractivity contribution in [3.05, 3.63) is 29.5 Å². The summed E-state index contributed by atoms with van der Waals surface area (Å²) in [6.45, 7) is 2.68. The molecular weight excluding hydrogens is 230 g/mol. The summed E-state index contributed by atoms with van der Waals surface area (Å²) in [4.78, 5) is 11.9. The predicted molar refractivity (Wildman–Crippen MR) is 69.5 cm³/mol. The number of unbranched alkanes of at least 4 members (excludes halogenated alkanes) is 1. The molecule has 18 heavy (non-hydrogen) atoms. The predicted octanol–water partition coefficient (Wildman–Crippen LogP) is 1.37. The number of aromatic amines is 1. The van der Waals surface area contributed by atoms with Crippen LogP contribution in [0.1, 0.15) is 28.9 Å². The molecule has 1 aromatic heterocycles. The Morgan fingerprint density at radius 2 is 2.28 bits per heavy atom. The van der Waals surface area contributed by atoms with Gasteiger partial charge in [-0.1, -0.05) is 0 Å². The van der Waals surface area contributed by atoms with E-state index in [4.69, 9.17) is 5.11 Å². The zero-order valence-corrected chi connectivity index (χ0v) is 10.4. The van der Waals surface area contributed by atoms with Gasteiger partial charge in [-0.2, -0.15) is 5.10 Å². The van der Waals surface area contributed by atoms with E-state index in [-0.39, 0.29) is 12.5 Å². The average molecular weight is 247 g/mol. The molecule has 0 atom stereocenters. The molecule has 1 aromatic carbocycles. The van der Waals surface area contributed by atoms with Gasteiger partial charge in [0.25, 0.3) is 5.91 Å². The van der Waals surface area contributed by atoms with Gasteiger partial charge in [0.05, 0.1) is 5.52 Å². The number of aryl methyl sites for hydroxylation is 1. The molecule has 1 heterocycles. The second kappa shape index (κ2) is 5.64. The number of amides is 1. The molecule has 0 unspecified atom stereocenters. The molecule has 0 saturated heterocycles. The Labute approximate surface area is 105 Å². The van der Waals surface area contributed by atoms with Crippen LogP contribution in [0.25, 0.3) is 10.9 Å². The SMILES string of the molecule is Cc1[nH]nc2ccc(C(=O)NCCCCO)cc12. The van der Waals surface area contributed by atoms with E-state index in [9.17, 15) is 4.79 Å². The van der Waals surface area contributed by atoms with E-state index in [0.29, 0.717) is 18.5 Å². The lowest BCUT2D eigenvalue weighted by Gasteiger charge is -2.04. The van der Waals surface area contributed by atoms with Crippen LogP contribution in [0.4, 0.5) is 0 Å². The normalized spacial score (nSPS) is 10.8. The van der Waals surface area contributed by atoms with Gasteiger partial charge in [-0.15, -0.1) is 0 Å². The molecule has 0 bridgehead atoms. The standard InChI is InChI=1S/C13H17N3O2/c1-9-11-8-10(4-5-12(11)16-15-9)13(18)14-6-2-3-7-17/h4-5,8,17H,2-3,6-7H2,1H3,(H,14,18)(H,15,16). The van der Waals surface area contributed by atoms with E-state index in [1.807, 2.05) is 19.1 Å². The molecule has 0 fully saturated rings. The molecule has 2 aromatic rings. The van der Waals surface area contributed by atoms with Crippen LogP contribution in [0.3, 0.4) is 0 Å². The quantitative estimate of drug-likeness (QED) is 0.698. The number of hydrogen-bond acceptors (Lipinski definition) is 3. The summed E-state index contributed by atoms with van der Waals surface area (Å²) in [5.41, 5.74) is 2.46. The first-order valence-corrected chi connectivity index (χ1v) is 6.06. The van der Waals surface area contributed by atoms with Crippen LogP contribution in [0.15, 0.2) is 18.2 Å². The van der Waals surface area contributed by atoms with Gasteiger partial charge in [0.15, 0.2) is 0 Å². The van der Waals surface area contributed by atoms with Crippen LogP contribution in [0, 0.1) is 6.92 Å². The molecule has 3 N–H and O–H groups in total. The van der Waals surface area contributed by atoms with E-state index < -0.39 is 0 Å². The minimum atomic E-state index is -0.0876. The number of nitrogens with one attached hydrogen (secondary N) is 2. The van der Waals surface area contributed by atoms with Gasteiger partial charge in [-0.05, 0) is 38.0 Å². The summed E-state index contributed by atoms with van der Waals surface area (Å²) in [5.74, 6) is -0.0876. The highest BCUT2D eigenvalue weighted by atomic mass is 16.2. The van der Waals surface area contributed by atoms with Gasteiger partial charge in [0.1, 0.15) is 0 Å². The van der Waals surface area contributed by atoms with Crippen molar-refractivity contribution in [1.29, 1.82) is 0 Å². The topological polar surface area (TPSA) is 78.0 Å². The number of rotatable bonds is 5. The number of hydrogen-bond donors (Lipinski definition) is 3. The summed E-state index contributed by atoms with van der Waals surface area (Å²) in [7, 11) is 0. The zero-order chi connectivity index (χ0) is 13.0. The molecule has 0 aliphatic heterocycles. The van der Waals surface area contributed by atoms with Crippen molar-refractivity contribution in [1.82, 2.24) is 15.5 Å². The second-order valence-electron chi connectivity index (χ2n) is 4.27. The van der Waals surface area contributed by atoms with Crippen LogP contribution >= 0.6 is 0 Å². The Hall–Kier alpha value is -1.88. The third-order valence-corrected chi connectivity index (χ3v) is 2.88.